The summed E-state index contributed by atoms with van der Waals surface area (Å²) < 4.78 is 0. The van der Waals surface area contributed by atoms with Gasteiger partial charge in [0.1, 0.15) is 22.8 Å². The molecular weight excluding hydrogens is 524 g/mol. The van der Waals surface area contributed by atoms with Gasteiger partial charge in [-0.25, -0.2) is 4.98 Å². The minimum atomic E-state index is -0.646. The predicted octanol–water partition coefficient (Wildman–Crippen LogP) is 2.37. The lowest BCUT2D eigenvalue weighted by Crippen LogP contribution is -2.52. The Balaban J connectivity index is 1.34. The van der Waals surface area contributed by atoms with Gasteiger partial charge in [0.05, 0.1) is 23.5 Å². The van der Waals surface area contributed by atoms with E-state index in [1.807, 2.05) is 20.8 Å². The molecule has 0 atom stereocenters. The maximum Gasteiger partial charge on any atom is 0.295 e. The number of aromatic amines is 1. The van der Waals surface area contributed by atoms with Gasteiger partial charge in [-0.3, -0.25) is 34.1 Å². The van der Waals surface area contributed by atoms with E-state index in [4.69, 9.17) is 0 Å². The van der Waals surface area contributed by atoms with Gasteiger partial charge in [0.25, 0.3) is 23.5 Å². The average molecular weight is 555 g/mol. The highest BCUT2D eigenvalue weighted by atomic mass is 16.2. The topological polar surface area (TPSA) is 145 Å². The first-order valence-electron chi connectivity index (χ1n) is 13.5. The number of H-pyrrole nitrogens is 1. The van der Waals surface area contributed by atoms with Crippen molar-refractivity contribution >= 4 is 34.4 Å². The molecule has 1 N–H and O–H groups in total. The zero-order chi connectivity index (χ0) is 29.1. The molecule has 1 aliphatic heterocycles. The standard InChI is InChI=1S/C29H30N8O4/c1-4-35(5-2)28(40)22-17-31-21(16-32-22)24-25-23(18(3)14-33-24)19(15-34-25)26(38)29(41)37-12-10-36(11-13-37)27(39)20-8-6-7-9-30-20/h6-9,14-17,34H,4-5,10-13H2,1-3H3. The van der Waals surface area contributed by atoms with Crippen molar-refractivity contribution in [2.75, 3.05) is 39.3 Å². The van der Waals surface area contributed by atoms with E-state index < -0.39 is 11.7 Å². The molecule has 4 aromatic rings. The lowest BCUT2D eigenvalue weighted by molar-refractivity contribution is -0.127. The monoisotopic (exact) mass is 554 g/mol. The fourth-order valence-corrected chi connectivity index (χ4v) is 4.94. The number of aryl methyl sites for hydroxylation is 1. The van der Waals surface area contributed by atoms with Gasteiger partial charge in [-0.1, -0.05) is 6.07 Å². The number of nitrogens with zero attached hydrogens (tertiary/aromatic N) is 7. The maximum absolute atomic E-state index is 13.4. The van der Waals surface area contributed by atoms with E-state index in [-0.39, 0.29) is 36.2 Å². The molecule has 41 heavy (non-hydrogen) atoms. The summed E-state index contributed by atoms with van der Waals surface area (Å²) in [4.78, 5) is 77.1. The fourth-order valence-electron chi connectivity index (χ4n) is 4.94. The molecule has 0 aliphatic carbocycles. The number of carbonyl (C=O) groups excluding carboxylic acids is 4. The SMILES string of the molecule is CCN(CC)C(=O)c1cnc(-c2ncc(C)c3c(C(=O)C(=O)N4CCN(C(=O)c5ccccn5)CC4)c[nH]c23)cn1. The van der Waals surface area contributed by atoms with Crippen molar-refractivity contribution < 1.29 is 19.2 Å². The molecule has 3 amide bonds. The number of hydrogen-bond acceptors (Lipinski definition) is 8. The molecule has 0 aromatic carbocycles. The van der Waals surface area contributed by atoms with E-state index in [1.54, 1.807) is 40.4 Å². The Morgan fingerprint density at radius 1 is 0.878 bits per heavy atom. The zero-order valence-electron chi connectivity index (χ0n) is 23.1. The molecule has 0 unspecified atom stereocenters. The smallest absolute Gasteiger partial charge is 0.295 e. The summed E-state index contributed by atoms with van der Waals surface area (Å²) in [5.41, 5.74) is 2.95. The molecule has 12 heteroatoms. The molecule has 1 aliphatic rings. The van der Waals surface area contributed by atoms with Crippen LogP contribution in [0.5, 0.6) is 0 Å². The Kier molecular flexibility index (Phi) is 7.81. The van der Waals surface area contributed by atoms with Gasteiger partial charge < -0.3 is 19.7 Å². The average Bonchev–Trinajstić information content (AvgIpc) is 3.47. The lowest BCUT2D eigenvalue weighted by Gasteiger charge is -2.34. The van der Waals surface area contributed by atoms with E-state index in [0.717, 1.165) is 0 Å². The Morgan fingerprint density at radius 3 is 2.24 bits per heavy atom. The Bertz CT molecular complexity index is 1610. The number of ketones is 1. The summed E-state index contributed by atoms with van der Waals surface area (Å²) in [7, 11) is 0. The van der Waals surface area contributed by atoms with Gasteiger partial charge in [-0.05, 0) is 38.5 Å². The number of Topliss-reactive ketones (excluding diaryl/α,β-unsaturated/α-hetero) is 1. The second-order valence-corrected chi connectivity index (χ2v) is 9.63. The van der Waals surface area contributed by atoms with E-state index >= 15 is 0 Å². The van der Waals surface area contributed by atoms with E-state index in [1.165, 1.54) is 23.5 Å². The van der Waals surface area contributed by atoms with Gasteiger partial charge in [-0.15, -0.1) is 0 Å². The third-order valence-electron chi connectivity index (χ3n) is 7.24. The molecule has 0 bridgehead atoms. The van der Waals surface area contributed by atoms with Crippen molar-refractivity contribution in [2.24, 2.45) is 0 Å². The minimum absolute atomic E-state index is 0.204. The number of carbonyl (C=O) groups is 4. The second kappa shape index (κ2) is 11.6. The first kappa shape index (κ1) is 27.6. The summed E-state index contributed by atoms with van der Waals surface area (Å²) >= 11 is 0. The van der Waals surface area contributed by atoms with Gasteiger partial charge >= 0.3 is 0 Å². The van der Waals surface area contributed by atoms with Gasteiger partial charge in [0.2, 0.25) is 0 Å². The lowest BCUT2D eigenvalue weighted by atomic mass is 10.0. The predicted molar refractivity (Wildman–Crippen MR) is 150 cm³/mol. The van der Waals surface area contributed by atoms with Crippen LogP contribution in [0.25, 0.3) is 22.3 Å². The van der Waals surface area contributed by atoms with Crippen molar-refractivity contribution in [1.82, 2.24) is 39.6 Å². The molecule has 1 saturated heterocycles. The zero-order valence-corrected chi connectivity index (χ0v) is 23.1. The molecule has 0 radical (unpaired) electrons. The van der Waals surface area contributed by atoms with Crippen molar-refractivity contribution in [3.63, 3.8) is 0 Å². The Hall–Kier alpha value is -5.00. The van der Waals surface area contributed by atoms with Crippen molar-refractivity contribution in [2.45, 2.75) is 20.8 Å². The number of pyridine rings is 2. The highest BCUT2D eigenvalue weighted by Gasteiger charge is 2.31. The van der Waals surface area contributed by atoms with Crippen LogP contribution in [0.4, 0.5) is 0 Å². The molecule has 0 spiro atoms. The number of rotatable bonds is 7. The van der Waals surface area contributed by atoms with Crippen LogP contribution in [-0.2, 0) is 4.79 Å². The number of hydrogen-bond donors (Lipinski definition) is 1. The molecule has 0 saturated carbocycles. The van der Waals surface area contributed by atoms with Crippen LogP contribution in [-0.4, -0.2) is 102 Å². The first-order chi connectivity index (χ1) is 19.8. The van der Waals surface area contributed by atoms with Crippen LogP contribution in [0.15, 0.2) is 49.2 Å². The number of amides is 3. The summed E-state index contributed by atoms with van der Waals surface area (Å²) in [6.45, 7) is 7.84. The highest BCUT2D eigenvalue weighted by molar-refractivity contribution is 6.45. The maximum atomic E-state index is 13.4. The van der Waals surface area contributed by atoms with Crippen LogP contribution in [0.2, 0.25) is 0 Å². The highest BCUT2D eigenvalue weighted by Crippen LogP contribution is 2.30. The van der Waals surface area contributed by atoms with Crippen molar-refractivity contribution in [3.05, 3.63) is 71.7 Å². The number of fused-ring (bicyclic) bond motifs is 1. The van der Waals surface area contributed by atoms with Gasteiger partial charge in [-0.2, -0.15) is 0 Å². The molecule has 210 valence electrons. The summed E-state index contributed by atoms with van der Waals surface area (Å²) in [6.07, 6.45) is 7.58. The summed E-state index contributed by atoms with van der Waals surface area (Å²) in [5.74, 6) is -1.69. The number of nitrogens with one attached hydrogen (secondary N) is 1. The molecular formula is C29H30N8O4. The number of piperazine rings is 1. The largest absolute Gasteiger partial charge is 0.359 e. The fraction of sp³-hybridized carbons (Fsp3) is 0.310. The van der Waals surface area contributed by atoms with E-state index in [9.17, 15) is 19.2 Å². The Labute approximate surface area is 236 Å². The van der Waals surface area contributed by atoms with Crippen molar-refractivity contribution in [3.8, 4) is 11.4 Å². The quantitative estimate of drug-likeness (QED) is 0.271. The minimum Gasteiger partial charge on any atom is -0.359 e. The van der Waals surface area contributed by atoms with E-state index in [2.05, 4.69) is 24.9 Å². The third-order valence-corrected chi connectivity index (χ3v) is 7.24. The third kappa shape index (κ3) is 5.28. The summed E-state index contributed by atoms with van der Waals surface area (Å²) in [6, 6.07) is 5.14. The molecule has 1 fully saturated rings. The van der Waals surface area contributed by atoms with Gasteiger partial charge in [0, 0.05) is 63.2 Å². The second-order valence-electron chi connectivity index (χ2n) is 9.63. The normalized spacial score (nSPS) is 13.3. The molecule has 5 heterocycles. The van der Waals surface area contributed by atoms with Crippen molar-refractivity contribution in [1.29, 1.82) is 0 Å². The number of aromatic nitrogens is 5. The Morgan fingerprint density at radius 2 is 1.61 bits per heavy atom. The van der Waals surface area contributed by atoms with Crippen LogP contribution in [0, 0.1) is 6.92 Å². The van der Waals surface area contributed by atoms with Gasteiger partial charge in [0.15, 0.2) is 0 Å². The first-order valence-corrected chi connectivity index (χ1v) is 13.5. The summed E-state index contributed by atoms with van der Waals surface area (Å²) in [5, 5.41) is 0.572. The van der Waals surface area contributed by atoms with Crippen LogP contribution >= 0.6 is 0 Å². The van der Waals surface area contributed by atoms with Crippen LogP contribution in [0.1, 0.15) is 50.7 Å². The van der Waals surface area contributed by atoms with Crippen LogP contribution < -0.4 is 0 Å². The van der Waals surface area contributed by atoms with E-state index in [0.29, 0.717) is 59.7 Å². The van der Waals surface area contributed by atoms with Crippen LogP contribution in [0.3, 0.4) is 0 Å². The molecule has 12 nitrogen and oxygen atoms in total. The molecule has 4 aromatic heterocycles. The molecule has 5 rings (SSSR count).